The fourth-order valence-electron chi connectivity index (χ4n) is 1.49. The maximum Gasteiger partial charge on any atom is 0.0514 e. The Hall–Kier alpha value is -0.110. The summed E-state index contributed by atoms with van der Waals surface area (Å²) in [6, 6.07) is 8.37. The van der Waals surface area contributed by atoms with Gasteiger partial charge in [-0.25, -0.2) is 0 Å². The molecular weight excluding hydrogens is 321 g/mol. The Morgan fingerprint density at radius 3 is 1.65 bits per heavy atom. The molecule has 2 aromatic carbocycles. The van der Waals surface area contributed by atoms with Crippen molar-refractivity contribution in [1.82, 2.24) is 0 Å². The molecule has 2 rings (SSSR count). The van der Waals surface area contributed by atoms with E-state index >= 15 is 0 Å². The molecule has 0 N–H and O–H groups in total. The number of halogens is 5. The van der Waals surface area contributed by atoms with Gasteiger partial charge in [0.05, 0.1) is 10.0 Å². The van der Waals surface area contributed by atoms with Crippen LogP contribution in [-0.2, 0) is 0 Å². The highest BCUT2D eigenvalue weighted by Crippen LogP contribution is 2.40. The number of rotatable bonds is 1. The van der Waals surface area contributed by atoms with Gasteiger partial charge in [0.25, 0.3) is 0 Å². The summed E-state index contributed by atoms with van der Waals surface area (Å²) >= 11 is 30.0. The van der Waals surface area contributed by atoms with Crippen LogP contribution in [0.4, 0.5) is 0 Å². The molecule has 0 aliphatic rings. The van der Waals surface area contributed by atoms with E-state index in [1.54, 1.807) is 30.3 Å². The lowest BCUT2D eigenvalue weighted by atomic mass is 10.1. The van der Waals surface area contributed by atoms with E-state index in [0.29, 0.717) is 30.7 Å². The van der Waals surface area contributed by atoms with E-state index in [9.17, 15) is 0 Å². The SMILES string of the molecule is Clc1ccc(-c2c(Cl)cc(Cl)cc2Cl)c(Cl)c1. The fourth-order valence-corrected chi connectivity index (χ4v) is 3.02. The van der Waals surface area contributed by atoms with Crippen molar-refractivity contribution in [3.8, 4) is 11.1 Å². The van der Waals surface area contributed by atoms with Crippen molar-refractivity contribution in [1.29, 1.82) is 0 Å². The summed E-state index contributed by atoms with van der Waals surface area (Å²) in [5.74, 6) is 0. The Labute approximate surface area is 124 Å². The van der Waals surface area contributed by atoms with E-state index in [-0.39, 0.29) is 0 Å². The molecular formula is C12H5Cl5. The summed E-state index contributed by atoms with van der Waals surface area (Å²) in [7, 11) is 0. The van der Waals surface area contributed by atoms with Crippen LogP contribution in [0.3, 0.4) is 0 Å². The lowest BCUT2D eigenvalue weighted by molar-refractivity contribution is 1.61. The largest absolute Gasteiger partial charge is 0.0843 e. The minimum absolute atomic E-state index is 0.451. The number of hydrogen-bond acceptors (Lipinski definition) is 0. The maximum absolute atomic E-state index is 6.12. The lowest BCUT2D eigenvalue weighted by Crippen LogP contribution is -1.84. The first kappa shape index (κ1) is 13.3. The molecule has 2 aromatic rings. The second-order valence-corrected chi connectivity index (χ2v) is 5.46. The van der Waals surface area contributed by atoms with Crippen LogP contribution in [-0.4, -0.2) is 0 Å². The molecule has 0 saturated heterocycles. The molecule has 0 fully saturated rings. The van der Waals surface area contributed by atoms with Crippen molar-refractivity contribution in [2.24, 2.45) is 0 Å². The molecule has 0 nitrogen and oxygen atoms in total. The average Bonchev–Trinajstić information content (AvgIpc) is 2.19. The van der Waals surface area contributed by atoms with Crippen LogP contribution in [0.1, 0.15) is 0 Å². The monoisotopic (exact) mass is 324 g/mol. The van der Waals surface area contributed by atoms with E-state index in [0.717, 1.165) is 5.56 Å². The first-order valence-corrected chi connectivity index (χ1v) is 6.48. The molecule has 0 atom stereocenters. The summed E-state index contributed by atoms with van der Waals surface area (Å²) in [6.07, 6.45) is 0. The van der Waals surface area contributed by atoms with Gasteiger partial charge in [0.1, 0.15) is 0 Å². The normalized spacial score (nSPS) is 10.6. The average molecular weight is 326 g/mol. The van der Waals surface area contributed by atoms with Crippen LogP contribution in [0.25, 0.3) is 11.1 Å². The van der Waals surface area contributed by atoms with Gasteiger partial charge in [-0.1, -0.05) is 64.1 Å². The van der Waals surface area contributed by atoms with Crippen molar-refractivity contribution in [3.63, 3.8) is 0 Å². The summed E-state index contributed by atoms with van der Waals surface area (Å²) in [5.41, 5.74) is 1.38. The van der Waals surface area contributed by atoms with Gasteiger partial charge in [0.2, 0.25) is 0 Å². The Balaban J connectivity index is 2.68. The topological polar surface area (TPSA) is 0 Å². The zero-order chi connectivity index (χ0) is 12.6. The molecule has 17 heavy (non-hydrogen) atoms. The highest BCUT2D eigenvalue weighted by molar-refractivity contribution is 6.43. The van der Waals surface area contributed by atoms with E-state index < -0.39 is 0 Å². The zero-order valence-electron chi connectivity index (χ0n) is 8.28. The van der Waals surface area contributed by atoms with Gasteiger partial charge in [0, 0.05) is 26.2 Å². The van der Waals surface area contributed by atoms with Crippen LogP contribution in [0.2, 0.25) is 25.1 Å². The third-order valence-electron chi connectivity index (χ3n) is 2.21. The van der Waals surface area contributed by atoms with Crippen molar-refractivity contribution in [2.45, 2.75) is 0 Å². The van der Waals surface area contributed by atoms with Crippen LogP contribution in [0, 0.1) is 0 Å². The van der Waals surface area contributed by atoms with E-state index in [1.807, 2.05) is 0 Å². The molecule has 5 heteroatoms. The third-order valence-corrected chi connectivity index (χ3v) is 3.57. The first-order valence-electron chi connectivity index (χ1n) is 4.59. The molecule has 0 aliphatic heterocycles. The number of benzene rings is 2. The molecule has 0 heterocycles. The van der Waals surface area contributed by atoms with Crippen molar-refractivity contribution >= 4 is 58.0 Å². The predicted octanol–water partition coefficient (Wildman–Crippen LogP) is 6.62. The van der Waals surface area contributed by atoms with E-state index in [4.69, 9.17) is 58.0 Å². The molecule has 0 amide bonds. The Morgan fingerprint density at radius 2 is 1.12 bits per heavy atom. The minimum atomic E-state index is 0.451. The standard InChI is InChI=1S/C12H5Cl5/c13-6-1-2-8(9(15)3-6)12-10(16)4-7(14)5-11(12)17/h1-5H. The summed E-state index contributed by atoms with van der Waals surface area (Å²) in [5, 5.41) is 2.43. The predicted molar refractivity (Wildman–Crippen MR) is 76.9 cm³/mol. The van der Waals surface area contributed by atoms with Crippen molar-refractivity contribution in [3.05, 3.63) is 55.4 Å². The molecule has 0 bridgehead atoms. The third kappa shape index (κ3) is 2.83. The van der Waals surface area contributed by atoms with Crippen molar-refractivity contribution in [2.75, 3.05) is 0 Å². The Morgan fingerprint density at radius 1 is 0.588 bits per heavy atom. The Bertz CT molecular complexity index is 554. The summed E-state index contributed by atoms with van der Waals surface area (Å²) in [6.45, 7) is 0. The number of hydrogen-bond donors (Lipinski definition) is 0. The second-order valence-electron chi connectivity index (χ2n) is 3.37. The maximum atomic E-state index is 6.12. The van der Waals surface area contributed by atoms with Gasteiger partial charge < -0.3 is 0 Å². The molecule has 0 radical (unpaired) electrons. The van der Waals surface area contributed by atoms with Gasteiger partial charge in [0.15, 0.2) is 0 Å². The lowest BCUT2D eigenvalue weighted by Gasteiger charge is -2.10. The van der Waals surface area contributed by atoms with Crippen LogP contribution in [0.15, 0.2) is 30.3 Å². The molecule has 0 aliphatic carbocycles. The fraction of sp³-hybridized carbons (Fsp3) is 0. The van der Waals surface area contributed by atoms with Crippen molar-refractivity contribution < 1.29 is 0 Å². The van der Waals surface area contributed by atoms with Gasteiger partial charge in [-0.15, -0.1) is 0 Å². The second kappa shape index (κ2) is 5.26. The minimum Gasteiger partial charge on any atom is -0.0843 e. The van der Waals surface area contributed by atoms with Gasteiger partial charge in [-0.05, 0) is 24.3 Å². The Kier molecular flexibility index (Phi) is 4.12. The molecule has 88 valence electrons. The smallest absolute Gasteiger partial charge is 0.0514 e. The summed E-state index contributed by atoms with van der Waals surface area (Å²) in [4.78, 5) is 0. The van der Waals surface area contributed by atoms with Gasteiger partial charge >= 0.3 is 0 Å². The zero-order valence-corrected chi connectivity index (χ0v) is 12.1. The van der Waals surface area contributed by atoms with E-state index in [2.05, 4.69) is 0 Å². The highest BCUT2D eigenvalue weighted by atomic mass is 35.5. The molecule has 0 unspecified atom stereocenters. The van der Waals surface area contributed by atoms with Gasteiger partial charge in [-0.3, -0.25) is 0 Å². The van der Waals surface area contributed by atoms with Crippen LogP contribution < -0.4 is 0 Å². The summed E-state index contributed by atoms with van der Waals surface area (Å²) < 4.78 is 0. The van der Waals surface area contributed by atoms with Gasteiger partial charge in [-0.2, -0.15) is 0 Å². The van der Waals surface area contributed by atoms with Crippen LogP contribution in [0.5, 0.6) is 0 Å². The van der Waals surface area contributed by atoms with E-state index in [1.165, 1.54) is 0 Å². The molecule has 0 spiro atoms. The quantitative estimate of drug-likeness (QED) is 0.552. The van der Waals surface area contributed by atoms with Crippen LogP contribution >= 0.6 is 58.0 Å². The highest BCUT2D eigenvalue weighted by Gasteiger charge is 2.13. The first-order chi connectivity index (χ1) is 7.99. The molecule has 0 aromatic heterocycles. The molecule has 0 saturated carbocycles.